The zero-order chi connectivity index (χ0) is 14.4. The van der Waals surface area contributed by atoms with Crippen LogP contribution in [0.5, 0.6) is 0 Å². The molecule has 0 saturated carbocycles. The lowest BCUT2D eigenvalue weighted by molar-refractivity contribution is 0.570. The fraction of sp³-hybridized carbons (Fsp3) is 0.562. The van der Waals surface area contributed by atoms with Gasteiger partial charge in [0.1, 0.15) is 5.82 Å². The molecule has 0 aliphatic heterocycles. The van der Waals surface area contributed by atoms with E-state index in [4.69, 9.17) is 22.3 Å². The number of unbranched alkanes of at least 4 members (excludes halogenated alkanes) is 3. The molecule has 2 aromatic rings. The molecule has 0 fully saturated rings. The molecule has 0 spiro atoms. The molecule has 20 heavy (non-hydrogen) atoms. The second kappa shape index (κ2) is 7.65. The first-order valence-corrected chi connectivity index (χ1v) is 7.98. The summed E-state index contributed by atoms with van der Waals surface area (Å²) in [6, 6.07) is 5.97. The van der Waals surface area contributed by atoms with Crippen molar-refractivity contribution in [3.8, 4) is 0 Å². The molecule has 1 aromatic heterocycles. The van der Waals surface area contributed by atoms with Crippen LogP contribution < -0.4 is 5.73 Å². The Kier molecular flexibility index (Phi) is 5.86. The Morgan fingerprint density at radius 1 is 1.20 bits per heavy atom. The molecule has 0 amide bonds. The standard InChI is InChI=1S/C16H24ClN3/c1-2-3-4-5-11-20-15-9-8-13(17)12-14(15)19-16(20)7-6-10-18/h8-9,12H,2-7,10-11,18H2,1H3. The van der Waals surface area contributed by atoms with Crippen molar-refractivity contribution in [2.45, 2.75) is 52.0 Å². The van der Waals surface area contributed by atoms with E-state index < -0.39 is 0 Å². The maximum absolute atomic E-state index is 6.06. The maximum atomic E-state index is 6.06. The Bertz CT molecular complexity index is 548. The van der Waals surface area contributed by atoms with Crippen LogP contribution in [-0.2, 0) is 13.0 Å². The molecule has 0 aliphatic carbocycles. The Morgan fingerprint density at radius 3 is 2.80 bits per heavy atom. The van der Waals surface area contributed by atoms with E-state index in [9.17, 15) is 0 Å². The maximum Gasteiger partial charge on any atom is 0.109 e. The minimum absolute atomic E-state index is 0.708. The van der Waals surface area contributed by atoms with Gasteiger partial charge in [-0.1, -0.05) is 37.8 Å². The summed E-state index contributed by atoms with van der Waals surface area (Å²) in [4.78, 5) is 4.73. The van der Waals surface area contributed by atoms with Crippen LogP contribution in [0, 0.1) is 0 Å². The first-order valence-electron chi connectivity index (χ1n) is 7.61. The summed E-state index contributed by atoms with van der Waals surface area (Å²) in [6.07, 6.45) is 6.97. The molecule has 1 heterocycles. The van der Waals surface area contributed by atoms with E-state index in [0.29, 0.717) is 6.54 Å². The van der Waals surface area contributed by atoms with E-state index in [1.807, 2.05) is 12.1 Å². The summed E-state index contributed by atoms with van der Waals surface area (Å²) in [6.45, 7) is 3.99. The summed E-state index contributed by atoms with van der Waals surface area (Å²) in [7, 11) is 0. The van der Waals surface area contributed by atoms with Crippen LogP contribution in [0.2, 0.25) is 5.02 Å². The molecular weight excluding hydrogens is 270 g/mol. The average molecular weight is 294 g/mol. The molecule has 0 unspecified atom stereocenters. The molecule has 0 radical (unpaired) electrons. The van der Waals surface area contributed by atoms with Crippen molar-refractivity contribution in [3.63, 3.8) is 0 Å². The molecule has 1 aromatic carbocycles. The lowest BCUT2D eigenvalue weighted by Crippen LogP contribution is -2.07. The number of aromatic nitrogens is 2. The van der Waals surface area contributed by atoms with Gasteiger partial charge in [-0.05, 0) is 37.6 Å². The second-order valence-electron chi connectivity index (χ2n) is 5.27. The number of halogens is 1. The molecule has 4 heteroatoms. The number of nitrogens with zero attached hydrogens (tertiary/aromatic N) is 2. The molecule has 2 rings (SSSR count). The first-order chi connectivity index (χ1) is 9.76. The highest BCUT2D eigenvalue weighted by molar-refractivity contribution is 6.31. The molecular formula is C16H24ClN3. The molecule has 110 valence electrons. The van der Waals surface area contributed by atoms with Gasteiger partial charge in [-0.2, -0.15) is 0 Å². The van der Waals surface area contributed by atoms with E-state index in [-0.39, 0.29) is 0 Å². The van der Waals surface area contributed by atoms with Gasteiger partial charge < -0.3 is 10.3 Å². The van der Waals surface area contributed by atoms with Gasteiger partial charge in [0.2, 0.25) is 0 Å². The third-order valence-corrected chi connectivity index (χ3v) is 3.86. The lowest BCUT2D eigenvalue weighted by atomic mass is 10.2. The Hall–Kier alpha value is -1.06. The zero-order valence-electron chi connectivity index (χ0n) is 12.2. The predicted molar refractivity (Wildman–Crippen MR) is 86.3 cm³/mol. The molecule has 3 nitrogen and oxygen atoms in total. The van der Waals surface area contributed by atoms with Gasteiger partial charge >= 0.3 is 0 Å². The SMILES string of the molecule is CCCCCCn1c(CCCN)nc2cc(Cl)ccc21. The number of fused-ring (bicyclic) bond motifs is 1. The van der Waals surface area contributed by atoms with Gasteiger partial charge in [-0.3, -0.25) is 0 Å². The fourth-order valence-corrected chi connectivity index (χ4v) is 2.72. The van der Waals surface area contributed by atoms with Crippen molar-refractivity contribution in [3.05, 3.63) is 29.0 Å². The van der Waals surface area contributed by atoms with Gasteiger partial charge in [-0.15, -0.1) is 0 Å². The topological polar surface area (TPSA) is 43.8 Å². The summed E-state index contributed by atoms with van der Waals surface area (Å²) in [5.74, 6) is 1.14. The van der Waals surface area contributed by atoms with Crippen molar-refractivity contribution in [2.24, 2.45) is 5.73 Å². The summed E-state index contributed by atoms with van der Waals surface area (Å²) >= 11 is 6.06. The Balaban J connectivity index is 2.22. The van der Waals surface area contributed by atoms with Crippen LogP contribution in [0.4, 0.5) is 0 Å². The molecule has 2 N–H and O–H groups in total. The molecule has 0 atom stereocenters. The van der Waals surface area contributed by atoms with Crippen LogP contribution in [0.3, 0.4) is 0 Å². The first kappa shape index (κ1) is 15.3. The number of benzene rings is 1. The van der Waals surface area contributed by atoms with Crippen molar-refractivity contribution < 1.29 is 0 Å². The van der Waals surface area contributed by atoms with Gasteiger partial charge in [0.25, 0.3) is 0 Å². The second-order valence-corrected chi connectivity index (χ2v) is 5.70. The van der Waals surface area contributed by atoms with Gasteiger partial charge in [-0.25, -0.2) is 4.98 Å². The van der Waals surface area contributed by atoms with E-state index >= 15 is 0 Å². The highest BCUT2D eigenvalue weighted by atomic mass is 35.5. The molecule has 0 saturated heterocycles. The van der Waals surface area contributed by atoms with E-state index in [1.165, 1.54) is 31.2 Å². The van der Waals surface area contributed by atoms with Crippen molar-refractivity contribution >= 4 is 22.6 Å². The van der Waals surface area contributed by atoms with Gasteiger partial charge in [0.05, 0.1) is 11.0 Å². The summed E-state index contributed by atoms with van der Waals surface area (Å²) in [5, 5.41) is 0.749. The van der Waals surface area contributed by atoms with Crippen LogP contribution in [0.25, 0.3) is 11.0 Å². The smallest absolute Gasteiger partial charge is 0.109 e. The van der Waals surface area contributed by atoms with E-state index in [1.54, 1.807) is 0 Å². The number of hydrogen-bond donors (Lipinski definition) is 1. The number of hydrogen-bond acceptors (Lipinski definition) is 2. The number of nitrogens with two attached hydrogens (primary N) is 1. The average Bonchev–Trinajstić information content (AvgIpc) is 2.78. The van der Waals surface area contributed by atoms with Crippen LogP contribution >= 0.6 is 11.6 Å². The Labute approximate surface area is 126 Å². The van der Waals surface area contributed by atoms with Gasteiger partial charge in [0, 0.05) is 18.0 Å². The van der Waals surface area contributed by atoms with E-state index in [2.05, 4.69) is 17.6 Å². The third kappa shape index (κ3) is 3.74. The number of imidazole rings is 1. The minimum atomic E-state index is 0.708. The van der Waals surface area contributed by atoms with E-state index in [0.717, 1.165) is 35.8 Å². The highest BCUT2D eigenvalue weighted by Crippen LogP contribution is 2.22. The Morgan fingerprint density at radius 2 is 2.05 bits per heavy atom. The molecule has 0 aliphatic rings. The predicted octanol–water partition coefficient (Wildman–Crippen LogP) is 4.16. The quantitative estimate of drug-likeness (QED) is 0.743. The van der Waals surface area contributed by atoms with Crippen molar-refractivity contribution in [1.82, 2.24) is 9.55 Å². The van der Waals surface area contributed by atoms with Crippen molar-refractivity contribution in [2.75, 3.05) is 6.54 Å². The van der Waals surface area contributed by atoms with Crippen LogP contribution in [0.15, 0.2) is 18.2 Å². The van der Waals surface area contributed by atoms with Gasteiger partial charge in [0.15, 0.2) is 0 Å². The summed E-state index contributed by atoms with van der Waals surface area (Å²) < 4.78 is 2.34. The van der Waals surface area contributed by atoms with Crippen LogP contribution in [0.1, 0.15) is 44.9 Å². The number of rotatable bonds is 8. The monoisotopic (exact) mass is 293 g/mol. The third-order valence-electron chi connectivity index (χ3n) is 3.63. The number of aryl methyl sites for hydroxylation is 2. The molecule has 0 bridgehead atoms. The van der Waals surface area contributed by atoms with Crippen LogP contribution in [-0.4, -0.2) is 16.1 Å². The lowest BCUT2D eigenvalue weighted by Gasteiger charge is -2.09. The highest BCUT2D eigenvalue weighted by Gasteiger charge is 2.10. The summed E-state index contributed by atoms with van der Waals surface area (Å²) in [5.41, 5.74) is 7.82. The largest absolute Gasteiger partial charge is 0.330 e. The fourth-order valence-electron chi connectivity index (χ4n) is 2.55. The zero-order valence-corrected chi connectivity index (χ0v) is 13.0. The minimum Gasteiger partial charge on any atom is -0.330 e. The van der Waals surface area contributed by atoms with Crippen molar-refractivity contribution in [1.29, 1.82) is 0 Å². The normalized spacial score (nSPS) is 11.3.